The zero-order chi connectivity index (χ0) is 20.7. The highest BCUT2D eigenvalue weighted by Gasteiger charge is 2.20. The molecule has 150 valence electrons. The van der Waals surface area contributed by atoms with Crippen molar-refractivity contribution in [2.75, 3.05) is 32.6 Å². The first-order valence-electron chi connectivity index (χ1n) is 8.65. The molecule has 0 aliphatic heterocycles. The number of hydrogen-bond donors (Lipinski definition) is 1. The number of methoxy groups -OCH3 is 2. The van der Waals surface area contributed by atoms with Crippen LogP contribution in [0.15, 0.2) is 36.4 Å². The van der Waals surface area contributed by atoms with E-state index in [0.29, 0.717) is 45.8 Å². The first-order valence-corrected chi connectivity index (χ1v) is 9.41. The van der Waals surface area contributed by atoms with Gasteiger partial charge < -0.3 is 19.7 Å². The quantitative estimate of drug-likeness (QED) is 0.676. The molecule has 0 unspecified atom stereocenters. The average molecular weight is 425 g/mol. The number of carbonyl (C=O) groups is 2. The Labute approximate surface area is 174 Å². The van der Waals surface area contributed by atoms with Gasteiger partial charge in [0.15, 0.2) is 11.5 Å². The molecule has 0 heterocycles. The summed E-state index contributed by atoms with van der Waals surface area (Å²) in [5, 5.41) is 3.51. The van der Waals surface area contributed by atoms with Gasteiger partial charge in [-0.2, -0.15) is 0 Å². The fraction of sp³-hybridized carbons (Fsp3) is 0.300. The summed E-state index contributed by atoms with van der Waals surface area (Å²) in [6.07, 6.45) is 0.699. The highest BCUT2D eigenvalue weighted by atomic mass is 35.5. The van der Waals surface area contributed by atoms with E-state index in [1.54, 1.807) is 36.4 Å². The van der Waals surface area contributed by atoms with Crippen molar-refractivity contribution in [2.24, 2.45) is 0 Å². The van der Waals surface area contributed by atoms with E-state index in [0.717, 1.165) is 0 Å². The van der Waals surface area contributed by atoms with Crippen molar-refractivity contribution in [1.29, 1.82) is 0 Å². The highest BCUT2D eigenvalue weighted by molar-refractivity contribution is 6.35. The number of anilines is 1. The molecule has 0 atom stereocenters. The standard InChI is InChI=1S/C20H22Cl2N2O4/c1-4-9-24(12-19(25)23-16-11-14(21)6-7-15(16)22)20(26)13-5-8-17(27-2)18(10-13)28-3/h5-8,10-11H,4,9,12H2,1-3H3,(H,23,25). The van der Waals surface area contributed by atoms with Crippen molar-refractivity contribution >= 4 is 40.7 Å². The second kappa shape index (κ2) is 10.2. The summed E-state index contributed by atoms with van der Waals surface area (Å²) in [7, 11) is 3.02. The molecule has 1 N–H and O–H groups in total. The number of ether oxygens (including phenoxy) is 2. The van der Waals surface area contributed by atoms with Crippen LogP contribution in [0.1, 0.15) is 23.7 Å². The maximum atomic E-state index is 12.9. The van der Waals surface area contributed by atoms with E-state index in [1.807, 2.05) is 6.92 Å². The van der Waals surface area contributed by atoms with Gasteiger partial charge in [-0.25, -0.2) is 0 Å². The largest absolute Gasteiger partial charge is 0.493 e. The van der Waals surface area contributed by atoms with Crippen LogP contribution in [0.2, 0.25) is 10.0 Å². The predicted octanol–water partition coefficient (Wildman–Crippen LogP) is 4.50. The minimum absolute atomic E-state index is 0.121. The van der Waals surface area contributed by atoms with Crippen molar-refractivity contribution in [3.63, 3.8) is 0 Å². The number of carbonyl (C=O) groups excluding carboxylic acids is 2. The Balaban J connectivity index is 2.16. The highest BCUT2D eigenvalue weighted by Crippen LogP contribution is 2.28. The Hall–Kier alpha value is -2.44. The van der Waals surface area contributed by atoms with Crippen LogP contribution >= 0.6 is 23.2 Å². The monoisotopic (exact) mass is 424 g/mol. The van der Waals surface area contributed by atoms with Gasteiger partial charge in [0.05, 0.1) is 24.9 Å². The molecule has 0 fully saturated rings. The smallest absolute Gasteiger partial charge is 0.254 e. The van der Waals surface area contributed by atoms with Gasteiger partial charge in [0.25, 0.3) is 5.91 Å². The number of amides is 2. The molecular weight excluding hydrogens is 403 g/mol. The summed E-state index contributed by atoms with van der Waals surface area (Å²) in [6.45, 7) is 2.23. The first-order chi connectivity index (χ1) is 13.4. The van der Waals surface area contributed by atoms with Gasteiger partial charge in [-0.15, -0.1) is 0 Å². The topological polar surface area (TPSA) is 67.9 Å². The second-order valence-electron chi connectivity index (χ2n) is 5.97. The lowest BCUT2D eigenvalue weighted by Gasteiger charge is -2.22. The number of nitrogens with one attached hydrogen (secondary N) is 1. The Morgan fingerprint density at radius 3 is 2.39 bits per heavy atom. The summed E-state index contributed by atoms with van der Waals surface area (Å²) < 4.78 is 10.4. The second-order valence-corrected chi connectivity index (χ2v) is 6.81. The van der Waals surface area contributed by atoms with Crippen LogP contribution in [-0.4, -0.2) is 44.0 Å². The van der Waals surface area contributed by atoms with Crippen molar-refractivity contribution in [3.8, 4) is 11.5 Å². The van der Waals surface area contributed by atoms with Crippen LogP contribution in [0, 0.1) is 0 Å². The van der Waals surface area contributed by atoms with Crippen LogP contribution in [0.25, 0.3) is 0 Å². The molecule has 0 aliphatic carbocycles. The van der Waals surface area contributed by atoms with Gasteiger partial charge in [0, 0.05) is 17.1 Å². The molecule has 0 radical (unpaired) electrons. The Kier molecular flexibility index (Phi) is 7.96. The van der Waals surface area contributed by atoms with E-state index in [9.17, 15) is 9.59 Å². The molecule has 0 saturated carbocycles. The number of halogens is 2. The molecular formula is C20H22Cl2N2O4. The summed E-state index contributed by atoms with van der Waals surface area (Å²) in [6, 6.07) is 9.67. The van der Waals surface area contributed by atoms with Gasteiger partial charge in [0.1, 0.15) is 6.54 Å². The predicted molar refractivity (Wildman–Crippen MR) is 111 cm³/mol. The molecule has 0 bridgehead atoms. The van der Waals surface area contributed by atoms with Gasteiger partial charge in [0.2, 0.25) is 5.91 Å². The van der Waals surface area contributed by atoms with Crippen molar-refractivity contribution < 1.29 is 19.1 Å². The van der Waals surface area contributed by atoms with E-state index in [1.165, 1.54) is 19.1 Å². The van der Waals surface area contributed by atoms with Gasteiger partial charge in [-0.1, -0.05) is 30.1 Å². The van der Waals surface area contributed by atoms with E-state index in [-0.39, 0.29) is 18.4 Å². The molecule has 0 aliphatic rings. The Morgan fingerprint density at radius 2 is 1.75 bits per heavy atom. The number of hydrogen-bond acceptors (Lipinski definition) is 4. The maximum Gasteiger partial charge on any atom is 0.254 e. The van der Waals surface area contributed by atoms with E-state index in [2.05, 4.69) is 5.32 Å². The van der Waals surface area contributed by atoms with Crippen molar-refractivity contribution in [2.45, 2.75) is 13.3 Å². The summed E-state index contributed by atoms with van der Waals surface area (Å²) in [4.78, 5) is 26.9. The zero-order valence-corrected chi connectivity index (χ0v) is 17.4. The minimum Gasteiger partial charge on any atom is -0.493 e. The van der Waals surface area contributed by atoms with Gasteiger partial charge in [-0.3, -0.25) is 9.59 Å². The molecule has 6 nitrogen and oxygen atoms in total. The van der Waals surface area contributed by atoms with Crippen LogP contribution in [0.4, 0.5) is 5.69 Å². The minimum atomic E-state index is -0.369. The fourth-order valence-electron chi connectivity index (χ4n) is 2.63. The summed E-state index contributed by atoms with van der Waals surface area (Å²) >= 11 is 12.0. The number of benzene rings is 2. The summed E-state index contributed by atoms with van der Waals surface area (Å²) in [5.41, 5.74) is 0.800. The Morgan fingerprint density at radius 1 is 1.04 bits per heavy atom. The molecule has 2 rings (SSSR count). The normalized spacial score (nSPS) is 10.3. The van der Waals surface area contributed by atoms with Gasteiger partial charge in [-0.05, 0) is 42.8 Å². The number of nitrogens with zero attached hydrogens (tertiary/aromatic N) is 1. The maximum absolute atomic E-state index is 12.9. The van der Waals surface area contributed by atoms with E-state index >= 15 is 0 Å². The third kappa shape index (κ3) is 5.53. The third-order valence-electron chi connectivity index (χ3n) is 3.95. The molecule has 2 amide bonds. The zero-order valence-electron chi connectivity index (χ0n) is 15.9. The molecule has 2 aromatic carbocycles. The number of rotatable bonds is 8. The van der Waals surface area contributed by atoms with Crippen LogP contribution in [0.3, 0.4) is 0 Å². The SMILES string of the molecule is CCCN(CC(=O)Nc1cc(Cl)ccc1Cl)C(=O)c1ccc(OC)c(OC)c1. The molecule has 0 aromatic heterocycles. The molecule has 8 heteroatoms. The lowest BCUT2D eigenvalue weighted by Crippen LogP contribution is -2.38. The van der Waals surface area contributed by atoms with E-state index in [4.69, 9.17) is 32.7 Å². The molecule has 0 saturated heterocycles. The lowest BCUT2D eigenvalue weighted by atomic mass is 10.1. The third-order valence-corrected chi connectivity index (χ3v) is 4.51. The average Bonchev–Trinajstić information content (AvgIpc) is 2.69. The Bertz CT molecular complexity index is 858. The van der Waals surface area contributed by atoms with Crippen molar-refractivity contribution in [3.05, 3.63) is 52.0 Å². The van der Waals surface area contributed by atoms with Crippen molar-refractivity contribution in [1.82, 2.24) is 4.90 Å². The molecule has 2 aromatic rings. The molecule has 0 spiro atoms. The van der Waals surface area contributed by atoms with Crippen LogP contribution in [0.5, 0.6) is 11.5 Å². The fourth-order valence-corrected chi connectivity index (χ4v) is 2.97. The lowest BCUT2D eigenvalue weighted by molar-refractivity contribution is -0.116. The van der Waals surface area contributed by atoms with Gasteiger partial charge >= 0.3 is 0 Å². The first kappa shape index (κ1) is 21.9. The molecule has 28 heavy (non-hydrogen) atoms. The van der Waals surface area contributed by atoms with Crippen LogP contribution in [-0.2, 0) is 4.79 Å². The van der Waals surface area contributed by atoms with E-state index < -0.39 is 0 Å². The summed E-state index contributed by atoms with van der Waals surface area (Å²) in [5.74, 6) is 0.316. The van der Waals surface area contributed by atoms with Crippen LogP contribution < -0.4 is 14.8 Å².